The largest absolute Gasteiger partial charge is 0.396 e. The van der Waals surface area contributed by atoms with Crippen LogP contribution in [0.4, 0.5) is 5.82 Å². The molecule has 1 aliphatic heterocycles. The molecule has 2 atom stereocenters. The molecule has 0 aromatic carbocycles. The lowest BCUT2D eigenvalue weighted by Gasteiger charge is -2.33. The van der Waals surface area contributed by atoms with Crippen LogP contribution in [-0.4, -0.2) is 29.8 Å². The van der Waals surface area contributed by atoms with Gasteiger partial charge in [-0.2, -0.15) is 0 Å². The molecule has 1 aromatic heterocycles. The molecule has 4 nitrogen and oxygen atoms in total. The number of nitrogens with two attached hydrogens (primary N) is 1. The number of nitrogens with zero attached hydrogens (tertiary/aromatic N) is 2. The molecule has 2 heterocycles. The van der Waals surface area contributed by atoms with Gasteiger partial charge in [-0.05, 0) is 49.8 Å². The summed E-state index contributed by atoms with van der Waals surface area (Å²) in [6, 6.07) is 4.11. The van der Waals surface area contributed by atoms with Crippen LogP contribution in [0.15, 0.2) is 18.3 Å². The summed E-state index contributed by atoms with van der Waals surface area (Å²) in [5.41, 5.74) is 7.04. The van der Waals surface area contributed by atoms with Gasteiger partial charge in [0.2, 0.25) is 0 Å². The van der Waals surface area contributed by atoms with E-state index in [9.17, 15) is 0 Å². The van der Waals surface area contributed by atoms with E-state index >= 15 is 0 Å². The molecular weight excluding hydrogens is 226 g/mol. The van der Waals surface area contributed by atoms with E-state index in [-0.39, 0.29) is 12.6 Å². The lowest BCUT2D eigenvalue weighted by Crippen LogP contribution is -2.36. The second-order valence-electron chi connectivity index (χ2n) is 5.20. The average Bonchev–Trinajstić information content (AvgIpc) is 2.39. The first kappa shape index (κ1) is 13.3. The van der Waals surface area contributed by atoms with Gasteiger partial charge in [0.25, 0.3) is 0 Å². The lowest BCUT2D eigenvalue weighted by molar-refractivity contribution is 0.244. The fourth-order valence-corrected chi connectivity index (χ4v) is 2.58. The summed E-state index contributed by atoms with van der Waals surface area (Å²) in [4.78, 5) is 6.76. The van der Waals surface area contributed by atoms with Crippen molar-refractivity contribution in [3.05, 3.63) is 23.9 Å². The highest BCUT2D eigenvalue weighted by Gasteiger charge is 2.20. The Morgan fingerprint density at radius 1 is 1.61 bits per heavy atom. The number of hydrogen-bond donors (Lipinski definition) is 2. The van der Waals surface area contributed by atoms with Crippen LogP contribution in [0.2, 0.25) is 0 Å². The number of pyridine rings is 1. The summed E-state index contributed by atoms with van der Waals surface area (Å²) in [5.74, 6) is 1.61. The van der Waals surface area contributed by atoms with Crippen LogP contribution in [0.5, 0.6) is 0 Å². The monoisotopic (exact) mass is 249 g/mol. The minimum Gasteiger partial charge on any atom is -0.396 e. The lowest BCUT2D eigenvalue weighted by atomic mass is 9.95. The van der Waals surface area contributed by atoms with Crippen molar-refractivity contribution in [2.24, 2.45) is 11.7 Å². The highest BCUT2D eigenvalue weighted by Crippen LogP contribution is 2.24. The molecule has 1 saturated heterocycles. The third-order valence-corrected chi connectivity index (χ3v) is 3.68. The predicted octanol–water partition coefficient (Wildman–Crippen LogP) is 1.70. The molecule has 0 radical (unpaired) electrons. The molecule has 0 aliphatic carbocycles. The molecule has 100 valence electrons. The second kappa shape index (κ2) is 6.16. The van der Waals surface area contributed by atoms with Crippen LogP contribution in [0, 0.1) is 5.92 Å². The molecule has 1 aliphatic rings. The number of aliphatic hydroxyl groups is 1. The van der Waals surface area contributed by atoms with Crippen LogP contribution in [0.25, 0.3) is 0 Å². The minimum absolute atomic E-state index is 0.0461. The zero-order valence-corrected chi connectivity index (χ0v) is 11.0. The Bertz CT molecular complexity index is 379. The number of aromatic nitrogens is 1. The quantitative estimate of drug-likeness (QED) is 0.852. The van der Waals surface area contributed by atoms with E-state index in [4.69, 9.17) is 10.8 Å². The first-order chi connectivity index (χ1) is 8.70. The summed E-state index contributed by atoms with van der Waals surface area (Å²) in [5, 5.41) is 9.04. The molecule has 3 N–H and O–H groups in total. The van der Waals surface area contributed by atoms with Gasteiger partial charge in [0, 0.05) is 31.9 Å². The maximum Gasteiger partial charge on any atom is 0.128 e. The molecule has 1 unspecified atom stereocenters. The summed E-state index contributed by atoms with van der Waals surface area (Å²) >= 11 is 0. The average molecular weight is 249 g/mol. The van der Waals surface area contributed by atoms with E-state index in [2.05, 4.69) is 16.0 Å². The van der Waals surface area contributed by atoms with E-state index in [0.717, 1.165) is 30.9 Å². The summed E-state index contributed by atoms with van der Waals surface area (Å²) in [6.45, 7) is 4.32. The molecule has 1 fully saturated rings. The molecular formula is C14H23N3O. The van der Waals surface area contributed by atoms with Gasteiger partial charge in [-0.3, -0.25) is 0 Å². The Balaban J connectivity index is 2.08. The predicted molar refractivity (Wildman–Crippen MR) is 73.5 cm³/mol. The molecule has 4 heteroatoms. The first-order valence-electron chi connectivity index (χ1n) is 6.78. The Morgan fingerprint density at radius 2 is 2.44 bits per heavy atom. The van der Waals surface area contributed by atoms with Gasteiger partial charge in [-0.25, -0.2) is 4.98 Å². The Kier molecular flexibility index (Phi) is 4.55. The van der Waals surface area contributed by atoms with E-state index < -0.39 is 0 Å². The molecule has 0 spiro atoms. The Labute approximate surface area is 109 Å². The van der Waals surface area contributed by atoms with Gasteiger partial charge in [0.1, 0.15) is 5.82 Å². The molecule has 0 amide bonds. The zero-order chi connectivity index (χ0) is 13.0. The van der Waals surface area contributed by atoms with Crippen LogP contribution < -0.4 is 10.6 Å². The fraction of sp³-hybridized carbons (Fsp3) is 0.643. The highest BCUT2D eigenvalue weighted by atomic mass is 16.3. The normalized spacial score (nSPS) is 21.9. The van der Waals surface area contributed by atoms with E-state index in [1.165, 1.54) is 12.8 Å². The minimum atomic E-state index is 0.0461. The van der Waals surface area contributed by atoms with E-state index in [1.807, 2.05) is 19.2 Å². The number of aliphatic hydroxyl groups excluding tert-OH is 1. The number of hydrogen-bond acceptors (Lipinski definition) is 4. The summed E-state index contributed by atoms with van der Waals surface area (Å²) in [7, 11) is 0. The SMILES string of the molecule is C[C@@H](N)c1ccnc(N2CCCC(CCO)C2)c1. The van der Waals surface area contributed by atoms with Crippen molar-refractivity contribution in [3.63, 3.8) is 0 Å². The third-order valence-electron chi connectivity index (χ3n) is 3.68. The van der Waals surface area contributed by atoms with Gasteiger partial charge in [-0.15, -0.1) is 0 Å². The van der Waals surface area contributed by atoms with Gasteiger partial charge >= 0.3 is 0 Å². The van der Waals surface area contributed by atoms with Gasteiger partial charge < -0.3 is 15.7 Å². The van der Waals surface area contributed by atoms with Crippen LogP contribution in [0.1, 0.15) is 37.8 Å². The van der Waals surface area contributed by atoms with Crippen molar-refractivity contribution in [2.75, 3.05) is 24.6 Å². The van der Waals surface area contributed by atoms with Gasteiger partial charge in [-0.1, -0.05) is 0 Å². The van der Waals surface area contributed by atoms with Gasteiger partial charge in [0.15, 0.2) is 0 Å². The third kappa shape index (κ3) is 3.21. The van der Waals surface area contributed by atoms with Crippen LogP contribution >= 0.6 is 0 Å². The second-order valence-corrected chi connectivity index (χ2v) is 5.20. The fourth-order valence-electron chi connectivity index (χ4n) is 2.58. The molecule has 18 heavy (non-hydrogen) atoms. The van der Waals surface area contributed by atoms with Crippen molar-refractivity contribution < 1.29 is 5.11 Å². The molecule has 0 bridgehead atoms. The smallest absolute Gasteiger partial charge is 0.128 e. The molecule has 0 saturated carbocycles. The van der Waals surface area contributed by atoms with Crippen molar-refractivity contribution in [2.45, 2.75) is 32.2 Å². The van der Waals surface area contributed by atoms with Crippen LogP contribution in [-0.2, 0) is 0 Å². The maximum absolute atomic E-state index is 9.04. The topological polar surface area (TPSA) is 62.4 Å². The highest BCUT2D eigenvalue weighted by molar-refractivity contribution is 5.42. The van der Waals surface area contributed by atoms with Crippen LogP contribution in [0.3, 0.4) is 0 Å². The Morgan fingerprint density at radius 3 is 3.17 bits per heavy atom. The van der Waals surface area contributed by atoms with E-state index in [0.29, 0.717) is 5.92 Å². The number of piperidine rings is 1. The zero-order valence-electron chi connectivity index (χ0n) is 11.0. The summed E-state index contributed by atoms with van der Waals surface area (Å²) < 4.78 is 0. The van der Waals surface area contributed by atoms with Crippen molar-refractivity contribution >= 4 is 5.82 Å². The van der Waals surface area contributed by atoms with Crippen molar-refractivity contribution in [1.82, 2.24) is 4.98 Å². The van der Waals surface area contributed by atoms with E-state index in [1.54, 1.807) is 0 Å². The van der Waals surface area contributed by atoms with Crippen molar-refractivity contribution in [3.8, 4) is 0 Å². The first-order valence-corrected chi connectivity index (χ1v) is 6.78. The number of anilines is 1. The van der Waals surface area contributed by atoms with Crippen molar-refractivity contribution in [1.29, 1.82) is 0 Å². The molecule has 2 rings (SSSR count). The molecule has 1 aromatic rings. The summed E-state index contributed by atoms with van der Waals surface area (Å²) in [6.07, 6.45) is 5.12. The standard InChI is InChI=1S/C14H23N3O/c1-11(15)13-4-6-16-14(9-13)17-7-2-3-12(10-17)5-8-18/h4,6,9,11-12,18H,2-3,5,7-8,10,15H2,1H3/t11-,12?/m1/s1. The van der Waals surface area contributed by atoms with Gasteiger partial charge in [0.05, 0.1) is 0 Å². The Hall–Kier alpha value is -1.13. The maximum atomic E-state index is 9.04. The number of rotatable bonds is 4.